The molecule has 0 saturated carbocycles. The summed E-state index contributed by atoms with van der Waals surface area (Å²) < 4.78 is 2.05. The first-order valence-corrected chi connectivity index (χ1v) is 8.52. The van der Waals surface area contributed by atoms with Gasteiger partial charge < -0.3 is 9.67 Å². The lowest BCUT2D eigenvalue weighted by Crippen LogP contribution is -2.17. The molecule has 0 amide bonds. The summed E-state index contributed by atoms with van der Waals surface area (Å²) >= 11 is 0. The zero-order valence-corrected chi connectivity index (χ0v) is 15.5. The zero-order valence-electron chi connectivity index (χ0n) is 15.5. The highest BCUT2D eigenvalue weighted by Crippen LogP contribution is 2.39. The molecule has 3 rings (SSSR count). The number of phenols is 1. The summed E-state index contributed by atoms with van der Waals surface area (Å²) in [6, 6.07) is 12.5. The molecule has 1 heterocycles. The summed E-state index contributed by atoms with van der Waals surface area (Å²) in [5.74, 6) is 0.371. The Labute approximate surface area is 144 Å². The Bertz CT molecular complexity index is 855. The van der Waals surface area contributed by atoms with Crippen molar-refractivity contribution in [2.24, 2.45) is 0 Å². The maximum atomic E-state index is 11.0. The second-order valence-corrected chi connectivity index (χ2v) is 8.69. The third-order valence-corrected chi connectivity index (χ3v) is 4.59. The summed E-state index contributed by atoms with van der Waals surface area (Å²) in [5.41, 5.74) is 2.98. The molecule has 24 heavy (non-hydrogen) atoms. The van der Waals surface area contributed by atoms with Crippen molar-refractivity contribution in [3.63, 3.8) is 0 Å². The number of aromatic hydroxyl groups is 1. The van der Waals surface area contributed by atoms with E-state index in [2.05, 4.69) is 78.2 Å². The Balaban J connectivity index is 2.30. The molecule has 0 fully saturated rings. The van der Waals surface area contributed by atoms with Gasteiger partial charge in [-0.2, -0.15) is 0 Å². The number of rotatable bonds is 1. The van der Waals surface area contributed by atoms with Crippen LogP contribution >= 0.6 is 0 Å². The number of hydrogen-bond donors (Lipinski definition) is 1. The van der Waals surface area contributed by atoms with Gasteiger partial charge in [-0.25, -0.2) is 0 Å². The highest BCUT2D eigenvalue weighted by Gasteiger charge is 2.25. The van der Waals surface area contributed by atoms with Crippen molar-refractivity contribution < 1.29 is 5.11 Å². The molecule has 0 bridgehead atoms. The molecule has 0 saturated heterocycles. The minimum Gasteiger partial charge on any atom is -0.505 e. The molecule has 1 N–H and O–H groups in total. The lowest BCUT2D eigenvalue weighted by atomic mass is 9.79. The van der Waals surface area contributed by atoms with Crippen molar-refractivity contribution in [1.29, 1.82) is 0 Å². The average molecular weight is 321 g/mol. The normalized spacial score (nSPS) is 12.8. The molecule has 2 aromatic carbocycles. The van der Waals surface area contributed by atoms with Crippen molar-refractivity contribution in [2.75, 3.05) is 0 Å². The van der Waals surface area contributed by atoms with Crippen LogP contribution in [0.5, 0.6) is 5.75 Å². The van der Waals surface area contributed by atoms with Gasteiger partial charge in [0, 0.05) is 18.0 Å². The SMILES string of the molecule is CC(C)(C)c1cc(-n2cc3ccccc3c2)c(O)c(C(C)(C)C)c1. The Morgan fingerprint density at radius 3 is 1.79 bits per heavy atom. The summed E-state index contributed by atoms with van der Waals surface area (Å²) in [6.45, 7) is 13.1. The summed E-state index contributed by atoms with van der Waals surface area (Å²) in [5, 5.41) is 13.3. The molecule has 0 aliphatic heterocycles. The van der Waals surface area contributed by atoms with E-state index in [9.17, 15) is 5.11 Å². The van der Waals surface area contributed by atoms with E-state index in [1.807, 2.05) is 16.7 Å². The van der Waals surface area contributed by atoms with Crippen molar-refractivity contribution in [2.45, 2.75) is 52.4 Å². The summed E-state index contributed by atoms with van der Waals surface area (Å²) in [4.78, 5) is 0. The van der Waals surface area contributed by atoms with E-state index in [0.29, 0.717) is 5.75 Å². The number of fused-ring (bicyclic) bond motifs is 1. The molecule has 0 unspecified atom stereocenters. The zero-order chi connectivity index (χ0) is 17.7. The fourth-order valence-electron chi connectivity index (χ4n) is 3.04. The molecule has 3 aromatic rings. The van der Waals surface area contributed by atoms with Gasteiger partial charge in [-0.15, -0.1) is 0 Å². The molecule has 0 atom stereocenters. The number of benzene rings is 2. The molecular formula is C22H27NO. The second kappa shape index (κ2) is 5.41. The average Bonchev–Trinajstić information content (AvgIpc) is 2.88. The van der Waals surface area contributed by atoms with Crippen LogP contribution in [0.15, 0.2) is 48.8 Å². The van der Waals surface area contributed by atoms with Crippen molar-refractivity contribution in [3.8, 4) is 11.4 Å². The topological polar surface area (TPSA) is 25.2 Å². The van der Waals surface area contributed by atoms with E-state index < -0.39 is 0 Å². The lowest BCUT2D eigenvalue weighted by molar-refractivity contribution is 0.442. The monoisotopic (exact) mass is 321 g/mol. The van der Waals surface area contributed by atoms with Gasteiger partial charge in [0.15, 0.2) is 0 Å². The fraction of sp³-hybridized carbons (Fsp3) is 0.364. The van der Waals surface area contributed by atoms with Gasteiger partial charge in [-0.1, -0.05) is 71.9 Å². The molecule has 126 valence electrons. The molecule has 0 aliphatic rings. The van der Waals surface area contributed by atoms with Crippen LogP contribution in [0.25, 0.3) is 16.5 Å². The first-order valence-electron chi connectivity index (χ1n) is 8.52. The van der Waals surface area contributed by atoms with Crippen LogP contribution in [-0.2, 0) is 10.8 Å². The molecular weight excluding hydrogens is 294 g/mol. The van der Waals surface area contributed by atoms with Crippen LogP contribution in [0.2, 0.25) is 0 Å². The summed E-state index contributed by atoms with van der Waals surface area (Å²) in [6.07, 6.45) is 4.17. The number of aromatic nitrogens is 1. The third kappa shape index (κ3) is 2.93. The highest BCUT2D eigenvalue weighted by atomic mass is 16.3. The number of nitrogens with zero attached hydrogens (tertiary/aromatic N) is 1. The highest BCUT2D eigenvalue weighted by molar-refractivity contribution is 5.83. The van der Waals surface area contributed by atoms with Crippen LogP contribution in [0, 0.1) is 0 Å². The van der Waals surface area contributed by atoms with Crippen LogP contribution in [0.1, 0.15) is 52.7 Å². The predicted octanol–water partition coefficient (Wildman–Crippen LogP) is 5.93. The largest absolute Gasteiger partial charge is 0.505 e. The van der Waals surface area contributed by atoms with Gasteiger partial charge in [-0.3, -0.25) is 0 Å². The molecule has 0 radical (unpaired) electrons. The van der Waals surface area contributed by atoms with E-state index in [0.717, 1.165) is 11.3 Å². The molecule has 0 spiro atoms. The van der Waals surface area contributed by atoms with Gasteiger partial charge in [0.05, 0.1) is 5.69 Å². The first kappa shape index (κ1) is 16.6. The number of phenolic OH excluding ortho intramolecular Hbond substituents is 1. The van der Waals surface area contributed by atoms with Gasteiger partial charge in [0.25, 0.3) is 0 Å². The van der Waals surface area contributed by atoms with Gasteiger partial charge >= 0.3 is 0 Å². The summed E-state index contributed by atoms with van der Waals surface area (Å²) in [7, 11) is 0. The minimum atomic E-state index is -0.118. The molecule has 2 heteroatoms. The van der Waals surface area contributed by atoms with E-state index in [-0.39, 0.29) is 10.8 Å². The van der Waals surface area contributed by atoms with Gasteiger partial charge in [0.2, 0.25) is 0 Å². The Kier molecular flexibility index (Phi) is 3.75. The minimum absolute atomic E-state index is 0.0228. The predicted molar refractivity (Wildman–Crippen MR) is 102 cm³/mol. The quantitative estimate of drug-likeness (QED) is 0.590. The van der Waals surface area contributed by atoms with Crippen molar-refractivity contribution in [1.82, 2.24) is 4.57 Å². The maximum absolute atomic E-state index is 11.0. The first-order chi connectivity index (χ1) is 11.1. The van der Waals surface area contributed by atoms with E-state index >= 15 is 0 Å². The Hall–Kier alpha value is -2.22. The van der Waals surface area contributed by atoms with Crippen LogP contribution in [0.4, 0.5) is 0 Å². The van der Waals surface area contributed by atoms with Crippen molar-refractivity contribution in [3.05, 3.63) is 59.9 Å². The van der Waals surface area contributed by atoms with E-state index in [1.54, 1.807) is 0 Å². The van der Waals surface area contributed by atoms with Crippen LogP contribution < -0.4 is 0 Å². The smallest absolute Gasteiger partial charge is 0.143 e. The van der Waals surface area contributed by atoms with Gasteiger partial charge in [0.1, 0.15) is 5.75 Å². The van der Waals surface area contributed by atoms with Crippen LogP contribution in [-0.4, -0.2) is 9.67 Å². The van der Waals surface area contributed by atoms with Gasteiger partial charge in [-0.05, 0) is 33.2 Å². The lowest BCUT2D eigenvalue weighted by Gasteiger charge is -2.27. The number of hydrogen-bond acceptors (Lipinski definition) is 1. The standard InChI is InChI=1S/C22H27NO/c1-21(2,3)17-11-18(22(4,5)6)20(24)19(12-17)23-13-15-9-7-8-10-16(15)14-23/h7-14,24H,1-6H3. The molecule has 2 nitrogen and oxygen atoms in total. The Morgan fingerprint density at radius 1 is 0.792 bits per heavy atom. The fourth-order valence-corrected chi connectivity index (χ4v) is 3.04. The molecule has 0 aliphatic carbocycles. The van der Waals surface area contributed by atoms with E-state index in [4.69, 9.17) is 0 Å². The van der Waals surface area contributed by atoms with Crippen LogP contribution in [0.3, 0.4) is 0 Å². The van der Waals surface area contributed by atoms with Crippen molar-refractivity contribution >= 4 is 10.8 Å². The Morgan fingerprint density at radius 2 is 1.33 bits per heavy atom. The molecule has 1 aromatic heterocycles. The second-order valence-electron chi connectivity index (χ2n) is 8.69. The third-order valence-electron chi connectivity index (χ3n) is 4.59. The maximum Gasteiger partial charge on any atom is 0.143 e. The van der Waals surface area contributed by atoms with E-state index in [1.165, 1.54) is 16.3 Å².